The predicted octanol–water partition coefficient (Wildman–Crippen LogP) is 6.12. The van der Waals surface area contributed by atoms with Gasteiger partial charge >= 0.3 is 6.03 Å². The number of methoxy groups -OCH3 is 1. The molecule has 0 saturated heterocycles. The van der Waals surface area contributed by atoms with E-state index in [4.69, 9.17) is 4.74 Å². The van der Waals surface area contributed by atoms with Gasteiger partial charge in [-0.3, -0.25) is 0 Å². The van der Waals surface area contributed by atoms with Crippen molar-refractivity contribution in [3.63, 3.8) is 0 Å². The molecule has 0 saturated carbocycles. The smallest absolute Gasteiger partial charge is 0.322 e. The molecule has 0 aliphatic carbocycles. The number of thiophene rings is 1. The summed E-state index contributed by atoms with van der Waals surface area (Å²) in [7, 11) is 3.79. The number of amides is 2. The van der Waals surface area contributed by atoms with Gasteiger partial charge in [0.05, 0.1) is 25.4 Å². The molecule has 2 aromatic heterocycles. The van der Waals surface area contributed by atoms with Crippen molar-refractivity contribution in [3.8, 4) is 10.8 Å². The number of benzene rings is 2. The molecule has 0 radical (unpaired) electrons. The van der Waals surface area contributed by atoms with Crippen molar-refractivity contribution in [1.82, 2.24) is 14.4 Å². The summed E-state index contributed by atoms with van der Waals surface area (Å²) in [4.78, 5) is 19.5. The molecule has 6 nitrogen and oxygen atoms in total. The maximum Gasteiger partial charge on any atom is 0.322 e. The molecule has 0 unspecified atom stereocenters. The van der Waals surface area contributed by atoms with Gasteiger partial charge in [0.2, 0.25) is 0 Å². The van der Waals surface area contributed by atoms with Crippen molar-refractivity contribution < 1.29 is 13.9 Å². The maximum absolute atomic E-state index is 14.3. The normalized spacial score (nSPS) is 17.0. The van der Waals surface area contributed by atoms with Crippen molar-refractivity contribution in [1.29, 1.82) is 0 Å². The molecule has 1 atom stereocenters. The van der Waals surface area contributed by atoms with E-state index in [-0.39, 0.29) is 17.9 Å². The standard InChI is InChI=1S/C29H29FN4O2S/c1-18-6-9-20(15-24(18)30)31-29(35)34-16-23-22-12-14-32(2)17-26(22)37-28(23)33-13-4-5-25(33)27(34)19-7-10-21(36-3)11-8-19/h4-11,13,15,27H,12,14,16-17H2,1-3H3,(H,31,35)/t27-/m0/s1. The van der Waals surface area contributed by atoms with Gasteiger partial charge in [-0.2, -0.15) is 0 Å². The zero-order chi connectivity index (χ0) is 25.7. The van der Waals surface area contributed by atoms with E-state index in [1.165, 1.54) is 27.1 Å². The average Bonchev–Trinajstić information content (AvgIpc) is 3.47. The third-order valence-corrected chi connectivity index (χ3v) is 8.63. The molecule has 190 valence electrons. The van der Waals surface area contributed by atoms with Crippen LogP contribution >= 0.6 is 11.3 Å². The van der Waals surface area contributed by atoms with Crippen molar-refractivity contribution in [2.24, 2.45) is 0 Å². The first-order chi connectivity index (χ1) is 17.9. The minimum atomic E-state index is -0.340. The largest absolute Gasteiger partial charge is 0.497 e. The molecule has 2 aliphatic rings. The topological polar surface area (TPSA) is 49.7 Å². The van der Waals surface area contributed by atoms with Crippen molar-refractivity contribution in [2.45, 2.75) is 32.5 Å². The van der Waals surface area contributed by atoms with Gasteiger partial charge in [-0.15, -0.1) is 11.3 Å². The molecule has 0 spiro atoms. The fourth-order valence-electron chi connectivity index (χ4n) is 5.35. The molecule has 8 heteroatoms. The summed E-state index contributed by atoms with van der Waals surface area (Å²) >= 11 is 1.82. The predicted molar refractivity (Wildman–Crippen MR) is 144 cm³/mol. The van der Waals surface area contributed by atoms with Crippen LogP contribution in [0.15, 0.2) is 60.8 Å². The first-order valence-electron chi connectivity index (χ1n) is 12.4. The fourth-order valence-corrected chi connectivity index (χ4v) is 6.80. The molecule has 37 heavy (non-hydrogen) atoms. The number of aryl methyl sites for hydroxylation is 1. The van der Waals surface area contributed by atoms with Crippen LogP contribution in [0, 0.1) is 12.7 Å². The Balaban J connectivity index is 1.48. The van der Waals surface area contributed by atoms with Gasteiger partial charge in [0, 0.05) is 35.4 Å². The number of hydrogen-bond donors (Lipinski definition) is 1. The second-order valence-electron chi connectivity index (χ2n) is 9.78. The molecule has 2 aromatic carbocycles. The van der Waals surface area contributed by atoms with Crippen molar-refractivity contribution in [2.75, 3.05) is 26.0 Å². The van der Waals surface area contributed by atoms with E-state index in [9.17, 15) is 9.18 Å². The Kier molecular flexibility index (Phi) is 6.01. The number of carbonyl (C=O) groups excluding carboxylic acids is 1. The minimum Gasteiger partial charge on any atom is -0.497 e. The Morgan fingerprint density at radius 3 is 2.68 bits per heavy atom. The Bertz CT molecular complexity index is 1480. The van der Waals surface area contributed by atoms with E-state index < -0.39 is 0 Å². The van der Waals surface area contributed by atoms with Gasteiger partial charge in [0.25, 0.3) is 0 Å². The monoisotopic (exact) mass is 516 g/mol. The van der Waals surface area contributed by atoms with E-state index in [1.807, 2.05) is 46.6 Å². The van der Waals surface area contributed by atoms with Crippen molar-refractivity contribution in [3.05, 3.63) is 99.4 Å². The van der Waals surface area contributed by atoms with E-state index in [0.29, 0.717) is 17.8 Å². The second kappa shape index (κ2) is 9.36. The molecule has 2 aliphatic heterocycles. The van der Waals surface area contributed by atoms with E-state index in [0.717, 1.165) is 36.5 Å². The van der Waals surface area contributed by atoms with Crippen LogP contribution in [-0.2, 0) is 19.5 Å². The van der Waals surface area contributed by atoms with Gasteiger partial charge < -0.3 is 24.4 Å². The first kappa shape index (κ1) is 23.8. The zero-order valence-electron chi connectivity index (χ0n) is 21.1. The summed E-state index contributed by atoms with van der Waals surface area (Å²) in [6.45, 7) is 4.08. The van der Waals surface area contributed by atoms with Gasteiger partial charge in [-0.25, -0.2) is 9.18 Å². The number of rotatable bonds is 3. The number of hydrogen-bond acceptors (Lipinski definition) is 4. The first-order valence-corrected chi connectivity index (χ1v) is 13.2. The molecular weight excluding hydrogens is 487 g/mol. The Morgan fingerprint density at radius 2 is 1.92 bits per heavy atom. The van der Waals surface area contributed by atoms with Crippen LogP contribution in [-0.4, -0.2) is 41.1 Å². The van der Waals surface area contributed by atoms with Gasteiger partial charge in [-0.05, 0) is 73.5 Å². The third kappa shape index (κ3) is 4.20. The molecule has 0 fully saturated rings. The lowest BCUT2D eigenvalue weighted by Crippen LogP contribution is -2.38. The highest BCUT2D eigenvalue weighted by molar-refractivity contribution is 7.15. The number of likely N-dealkylation sites (N-methyl/N-ethyl adjacent to an activating group) is 1. The lowest BCUT2D eigenvalue weighted by Gasteiger charge is -2.32. The number of halogens is 1. The van der Waals surface area contributed by atoms with Gasteiger partial charge in [-0.1, -0.05) is 18.2 Å². The van der Waals surface area contributed by atoms with Crippen LogP contribution < -0.4 is 10.1 Å². The van der Waals surface area contributed by atoms with Crippen LogP contribution in [0.3, 0.4) is 0 Å². The zero-order valence-corrected chi connectivity index (χ0v) is 21.9. The third-order valence-electron chi connectivity index (χ3n) is 7.37. The van der Waals surface area contributed by atoms with Gasteiger partial charge in [0.1, 0.15) is 16.6 Å². The Morgan fingerprint density at radius 1 is 1.11 bits per heavy atom. The Hall–Kier alpha value is -3.62. The summed E-state index contributed by atoms with van der Waals surface area (Å²) in [5, 5.41) is 4.15. The molecular formula is C29H29FN4O2S. The maximum atomic E-state index is 14.3. The average molecular weight is 517 g/mol. The fraction of sp³-hybridized carbons (Fsp3) is 0.276. The highest BCUT2D eigenvalue weighted by atomic mass is 32.1. The number of urea groups is 1. The van der Waals surface area contributed by atoms with Crippen molar-refractivity contribution >= 4 is 23.1 Å². The van der Waals surface area contributed by atoms with E-state index >= 15 is 0 Å². The number of nitrogens with zero attached hydrogens (tertiary/aromatic N) is 3. The lowest BCUT2D eigenvalue weighted by molar-refractivity contribution is 0.194. The summed E-state index contributed by atoms with van der Waals surface area (Å²) in [5.41, 5.74) is 5.53. The Labute approximate surface area is 219 Å². The number of fused-ring (bicyclic) bond motifs is 5. The molecule has 2 amide bonds. The van der Waals surface area contributed by atoms with Crippen LogP contribution in [0.4, 0.5) is 14.9 Å². The van der Waals surface area contributed by atoms with Gasteiger partial charge in [0.15, 0.2) is 0 Å². The van der Waals surface area contributed by atoms with Crippen LogP contribution in [0.2, 0.25) is 0 Å². The number of carbonyl (C=O) groups is 1. The van der Waals surface area contributed by atoms with Crippen LogP contribution in [0.25, 0.3) is 5.00 Å². The summed E-state index contributed by atoms with van der Waals surface area (Å²) < 4.78 is 21.9. The van der Waals surface area contributed by atoms with E-state index in [2.05, 4.69) is 34.1 Å². The summed E-state index contributed by atoms with van der Waals surface area (Å²) in [6, 6.07) is 16.2. The lowest BCUT2D eigenvalue weighted by atomic mass is 10.00. The second-order valence-corrected chi connectivity index (χ2v) is 10.9. The van der Waals surface area contributed by atoms with E-state index in [1.54, 1.807) is 26.2 Å². The molecule has 4 aromatic rings. The number of anilines is 1. The number of ether oxygens (including phenoxy) is 1. The molecule has 0 bridgehead atoms. The molecule has 1 N–H and O–H groups in total. The van der Waals surface area contributed by atoms with Crippen LogP contribution in [0.5, 0.6) is 5.75 Å². The minimum absolute atomic E-state index is 0.266. The number of aromatic nitrogens is 1. The summed E-state index contributed by atoms with van der Waals surface area (Å²) in [6.07, 6.45) is 3.05. The quantitative estimate of drug-likeness (QED) is 0.357. The highest BCUT2D eigenvalue weighted by Gasteiger charge is 2.36. The SMILES string of the molecule is COc1ccc([C@H]2c3cccn3-c3sc4c(c3CN2C(=O)Nc2ccc(C)c(F)c2)CCN(C)C4)cc1. The number of nitrogens with one attached hydrogen (secondary N) is 1. The molecule has 6 rings (SSSR count). The molecule has 4 heterocycles. The van der Waals surface area contributed by atoms with Crippen LogP contribution in [0.1, 0.15) is 38.9 Å². The summed E-state index contributed by atoms with van der Waals surface area (Å²) in [5.74, 6) is 0.420. The highest BCUT2D eigenvalue weighted by Crippen LogP contribution is 2.43.